The maximum atomic E-state index is 13.1. The summed E-state index contributed by atoms with van der Waals surface area (Å²) in [5, 5.41) is 13.5. The first-order valence-corrected chi connectivity index (χ1v) is 10.1. The van der Waals surface area contributed by atoms with Gasteiger partial charge in [-0.15, -0.1) is 0 Å². The summed E-state index contributed by atoms with van der Waals surface area (Å²) >= 11 is 0. The van der Waals surface area contributed by atoms with E-state index in [-0.39, 0.29) is 36.3 Å². The normalized spacial score (nSPS) is 15.5. The Balaban J connectivity index is 1.42. The molecule has 9 nitrogen and oxygen atoms in total. The molecule has 2 fully saturated rings. The molecule has 0 atom stereocenters. The van der Waals surface area contributed by atoms with E-state index < -0.39 is 4.92 Å². The van der Waals surface area contributed by atoms with Crippen LogP contribution in [-0.2, 0) is 18.4 Å². The van der Waals surface area contributed by atoms with Crippen LogP contribution < -0.4 is 5.32 Å². The molecule has 3 amide bonds. The number of non-ortho nitro benzene ring substituents is 1. The number of nitrogens with one attached hydrogen (secondary N) is 1. The van der Waals surface area contributed by atoms with Gasteiger partial charge >= 0.3 is 6.03 Å². The third-order valence-corrected chi connectivity index (χ3v) is 5.58. The van der Waals surface area contributed by atoms with Gasteiger partial charge in [-0.2, -0.15) is 0 Å². The summed E-state index contributed by atoms with van der Waals surface area (Å²) in [6.07, 6.45) is 5.70. The van der Waals surface area contributed by atoms with Crippen molar-refractivity contribution in [2.45, 2.75) is 44.3 Å². The zero-order valence-electron chi connectivity index (χ0n) is 16.9. The van der Waals surface area contributed by atoms with Crippen LogP contribution in [0.3, 0.4) is 0 Å². The SMILES string of the molecule is Cn1cccc1CN(C(=O)CN(C(=O)Nc1ccc([N+](=O)[O-])cc1)C1CC1)C1CC1. The third-order valence-electron chi connectivity index (χ3n) is 5.58. The van der Waals surface area contributed by atoms with Crippen molar-refractivity contribution in [3.8, 4) is 0 Å². The van der Waals surface area contributed by atoms with Gasteiger partial charge < -0.3 is 19.7 Å². The second-order valence-corrected chi connectivity index (χ2v) is 7.96. The van der Waals surface area contributed by atoms with Crippen molar-refractivity contribution < 1.29 is 14.5 Å². The van der Waals surface area contributed by atoms with Crippen molar-refractivity contribution in [1.82, 2.24) is 14.4 Å². The molecule has 2 aliphatic carbocycles. The smallest absolute Gasteiger partial charge is 0.322 e. The van der Waals surface area contributed by atoms with Gasteiger partial charge in [0.25, 0.3) is 5.69 Å². The molecule has 2 saturated carbocycles. The summed E-state index contributed by atoms with van der Waals surface area (Å²) in [6, 6.07) is 9.59. The van der Waals surface area contributed by atoms with E-state index in [1.807, 2.05) is 34.8 Å². The van der Waals surface area contributed by atoms with E-state index in [2.05, 4.69) is 5.32 Å². The number of rotatable bonds is 8. The van der Waals surface area contributed by atoms with Crippen molar-refractivity contribution in [3.63, 3.8) is 0 Å². The van der Waals surface area contributed by atoms with E-state index in [9.17, 15) is 19.7 Å². The van der Waals surface area contributed by atoms with E-state index in [1.54, 1.807) is 4.90 Å². The minimum absolute atomic E-state index is 0.0321. The van der Waals surface area contributed by atoms with Gasteiger partial charge in [0, 0.05) is 48.8 Å². The van der Waals surface area contributed by atoms with Crippen molar-refractivity contribution in [2.24, 2.45) is 7.05 Å². The van der Waals surface area contributed by atoms with E-state index in [4.69, 9.17) is 0 Å². The number of carbonyl (C=O) groups is 2. The topological polar surface area (TPSA) is 101 Å². The molecule has 1 aromatic carbocycles. The lowest BCUT2D eigenvalue weighted by molar-refractivity contribution is -0.384. The lowest BCUT2D eigenvalue weighted by Crippen LogP contribution is -2.46. The molecule has 0 bridgehead atoms. The van der Waals surface area contributed by atoms with E-state index in [0.717, 1.165) is 31.4 Å². The van der Waals surface area contributed by atoms with E-state index in [0.29, 0.717) is 12.2 Å². The molecule has 1 aromatic heterocycles. The molecule has 2 aliphatic rings. The van der Waals surface area contributed by atoms with Gasteiger partial charge in [-0.25, -0.2) is 4.79 Å². The summed E-state index contributed by atoms with van der Waals surface area (Å²) < 4.78 is 2.00. The minimum atomic E-state index is -0.486. The number of hydrogen-bond acceptors (Lipinski definition) is 4. The Hall–Kier alpha value is -3.36. The molecule has 0 radical (unpaired) electrons. The molecule has 0 aliphatic heterocycles. The molecule has 2 aromatic rings. The van der Waals surface area contributed by atoms with Gasteiger partial charge in [-0.1, -0.05) is 0 Å². The second kappa shape index (κ2) is 8.17. The lowest BCUT2D eigenvalue weighted by atomic mass is 10.3. The monoisotopic (exact) mass is 411 g/mol. The molecule has 9 heteroatoms. The molecular weight excluding hydrogens is 386 g/mol. The Labute approximate surface area is 174 Å². The molecule has 1 N–H and O–H groups in total. The first kappa shape index (κ1) is 19.9. The van der Waals surface area contributed by atoms with Gasteiger partial charge in [-0.3, -0.25) is 14.9 Å². The van der Waals surface area contributed by atoms with Gasteiger partial charge in [0.1, 0.15) is 6.54 Å². The number of amides is 3. The van der Waals surface area contributed by atoms with E-state index >= 15 is 0 Å². The fourth-order valence-electron chi connectivity index (χ4n) is 3.49. The summed E-state index contributed by atoms with van der Waals surface area (Å²) in [5.74, 6) is -0.0514. The Kier molecular flexibility index (Phi) is 5.43. The molecule has 1 heterocycles. The number of aryl methyl sites for hydroxylation is 1. The summed E-state index contributed by atoms with van der Waals surface area (Å²) in [5.41, 5.74) is 1.48. The highest BCUT2D eigenvalue weighted by atomic mass is 16.6. The molecule has 0 unspecified atom stereocenters. The lowest BCUT2D eigenvalue weighted by Gasteiger charge is -2.28. The van der Waals surface area contributed by atoms with Crippen molar-refractivity contribution in [2.75, 3.05) is 11.9 Å². The molecule has 4 rings (SSSR count). The Bertz CT molecular complexity index is 947. The van der Waals surface area contributed by atoms with Gasteiger partial charge in [0.2, 0.25) is 5.91 Å². The first-order valence-electron chi connectivity index (χ1n) is 10.1. The van der Waals surface area contributed by atoms with Crippen LogP contribution in [0.5, 0.6) is 0 Å². The predicted octanol–water partition coefficient (Wildman–Crippen LogP) is 3.12. The average molecular weight is 411 g/mol. The summed E-state index contributed by atoms with van der Waals surface area (Å²) in [4.78, 5) is 39.7. The Morgan fingerprint density at radius 2 is 1.73 bits per heavy atom. The maximum absolute atomic E-state index is 13.1. The summed E-state index contributed by atoms with van der Waals surface area (Å²) in [7, 11) is 1.96. The first-order chi connectivity index (χ1) is 14.4. The largest absolute Gasteiger partial charge is 0.353 e. The minimum Gasteiger partial charge on any atom is -0.353 e. The van der Waals surface area contributed by atoms with Crippen LogP contribution in [0.2, 0.25) is 0 Å². The van der Waals surface area contributed by atoms with Crippen LogP contribution in [0, 0.1) is 10.1 Å². The zero-order valence-corrected chi connectivity index (χ0v) is 16.9. The number of carbonyl (C=O) groups excluding carboxylic acids is 2. The summed E-state index contributed by atoms with van der Waals surface area (Å²) in [6.45, 7) is 0.569. The number of aromatic nitrogens is 1. The third kappa shape index (κ3) is 4.61. The number of nitro groups is 1. The number of hydrogen-bond donors (Lipinski definition) is 1. The zero-order chi connectivity index (χ0) is 21.3. The van der Waals surface area contributed by atoms with Gasteiger partial charge in [0.05, 0.1) is 11.5 Å². The Morgan fingerprint density at radius 1 is 1.10 bits per heavy atom. The Morgan fingerprint density at radius 3 is 2.27 bits per heavy atom. The highest BCUT2D eigenvalue weighted by Gasteiger charge is 2.38. The average Bonchev–Trinajstić information content (AvgIpc) is 3.64. The highest BCUT2D eigenvalue weighted by molar-refractivity contribution is 5.93. The molecule has 0 saturated heterocycles. The molecule has 30 heavy (non-hydrogen) atoms. The number of urea groups is 1. The fraction of sp³-hybridized carbons (Fsp3) is 0.429. The van der Waals surface area contributed by atoms with E-state index in [1.165, 1.54) is 24.3 Å². The predicted molar refractivity (Wildman–Crippen MR) is 111 cm³/mol. The van der Waals surface area contributed by atoms with Crippen LogP contribution in [0.4, 0.5) is 16.2 Å². The van der Waals surface area contributed by atoms with Crippen LogP contribution in [0.1, 0.15) is 31.4 Å². The van der Waals surface area contributed by atoms with Crippen molar-refractivity contribution in [3.05, 3.63) is 58.4 Å². The molecule has 158 valence electrons. The van der Waals surface area contributed by atoms with Crippen molar-refractivity contribution >= 4 is 23.3 Å². The standard InChI is InChI=1S/C21H25N5O4/c1-23-12-2-3-19(23)13-24(16-8-9-16)20(27)14-25(17-10-11-17)21(28)22-15-4-6-18(7-5-15)26(29)30/h2-7,12,16-17H,8-11,13-14H2,1H3,(H,22,28). The van der Waals surface area contributed by atoms with Crippen LogP contribution >= 0.6 is 0 Å². The maximum Gasteiger partial charge on any atom is 0.322 e. The fourth-order valence-corrected chi connectivity index (χ4v) is 3.49. The number of nitrogens with zero attached hydrogens (tertiary/aromatic N) is 4. The second-order valence-electron chi connectivity index (χ2n) is 7.96. The highest BCUT2D eigenvalue weighted by Crippen LogP contribution is 2.31. The number of benzene rings is 1. The van der Waals surface area contributed by atoms with Gasteiger partial charge in [0.15, 0.2) is 0 Å². The van der Waals surface area contributed by atoms with Gasteiger partial charge in [-0.05, 0) is 49.9 Å². The van der Waals surface area contributed by atoms with Crippen molar-refractivity contribution in [1.29, 1.82) is 0 Å². The van der Waals surface area contributed by atoms with Crippen LogP contribution in [0.25, 0.3) is 0 Å². The number of nitro benzene ring substituents is 1. The van der Waals surface area contributed by atoms with Crippen LogP contribution in [-0.4, -0.2) is 49.9 Å². The molecule has 0 spiro atoms. The number of anilines is 1. The van der Waals surface area contributed by atoms with Crippen LogP contribution in [0.15, 0.2) is 42.6 Å². The molecular formula is C21H25N5O4. The quantitative estimate of drug-likeness (QED) is 0.533.